The number of hydrogen-bond donors (Lipinski definition) is 4. The monoisotopic (exact) mass is 501 g/mol. The second kappa shape index (κ2) is 10.9. The number of hydrazine groups is 1. The molecular formula is C27H24ClN5O3. The summed E-state index contributed by atoms with van der Waals surface area (Å²) < 4.78 is 0. The predicted molar refractivity (Wildman–Crippen MR) is 138 cm³/mol. The summed E-state index contributed by atoms with van der Waals surface area (Å²) in [6.45, 7) is 3.65. The maximum Gasteiger partial charge on any atom is 0.320 e. The first-order valence-electron chi connectivity index (χ1n) is 11.3. The normalized spacial score (nSPS) is 12.1. The van der Waals surface area contributed by atoms with Gasteiger partial charge in [0.1, 0.15) is 5.82 Å². The molecule has 182 valence electrons. The molecule has 1 fully saturated rings. The fourth-order valence-corrected chi connectivity index (χ4v) is 3.62. The van der Waals surface area contributed by atoms with Crippen molar-refractivity contribution in [1.82, 2.24) is 21.2 Å². The van der Waals surface area contributed by atoms with Crippen molar-refractivity contribution in [2.45, 2.75) is 32.7 Å². The number of pyridine rings is 1. The second-order valence-electron chi connectivity index (χ2n) is 8.42. The van der Waals surface area contributed by atoms with Gasteiger partial charge in [0, 0.05) is 28.9 Å². The van der Waals surface area contributed by atoms with Gasteiger partial charge in [0.2, 0.25) is 0 Å². The number of anilines is 1. The maximum absolute atomic E-state index is 12.6. The molecule has 4 N–H and O–H groups in total. The van der Waals surface area contributed by atoms with Crippen molar-refractivity contribution in [1.29, 1.82) is 0 Å². The number of hydrogen-bond acceptors (Lipinski definition) is 4. The first-order valence-corrected chi connectivity index (χ1v) is 11.7. The Labute approximate surface area is 213 Å². The van der Waals surface area contributed by atoms with Gasteiger partial charge in [-0.1, -0.05) is 41.6 Å². The zero-order chi connectivity index (χ0) is 25.7. The molecule has 1 heterocycles. The van der Waals surface area contributed by atoms with Crippen LogP contribution in [0.3, 0.4) is 0 Å². The highest BCUT2D eigenvalue weighted by atomic mass is 35.5. The van der Waals surface area contributed by atoms with Crippen molar-refractivity contribution in [2.24, 2.45) is 0 Å². The maximum atomic E-state index is 12.6. The zero-order valence-electron chi connectivity index (χ0n) is 19.7. The Morgan fingerprint density at radius 3 is 2.42 bits per heavy atom. The minimum atomic E-state index is -0.506. The number of carbonyl (C=O) groups excluding carboxylic acids is 3. The number of nitrogens with zero attached hydrogens (tertiary/aromatic N) is 1. The zero-order valence-corrected chi connectivity index (χ0v) is 20.5. The fourth-order valence-electron chi connectivity index (χ4n) is 3.31. The number of nitrogens with one attached hydrogen (secondary N) is 4. The van der Waals surface area contributed by atoms with Crippen LogP contribution in [0.2, 0.25) is 5.02 Å². The van der Waals surface area contributed by atoms with Crippen molar-refractivity contribution in [3.63, 3.8) is 0 Å². The minimum Gasteiger partial charge on any atom is -0.335 e. The van der Waals surface area contributed by atoms with Crippen LogP contribution in [-0.4, -0.2) is 28.9 Å². The first kappa shape index (κ1) is 24.8. The van der Waals surface area contributed by atoms with Crippen molar-refractivity contribution in [3.05, 3.63) is 93.1 Å². The molecule has 1 aliphatic rings. The van der Waals surface area contributed by atoms with Crippen molar-refractivity contribution >= 4 is 35.3 Å². The molecule has 0 radical (unpaired) electrons. The smallest absolute Gasteiger partial charge is 0.320 e. The van der Waals surface area contributed by atoms with E-state index in [1.54, 1.807) is 61.7 Å². The molecular weight excluding hydrogens is 478 g/mol. The summed E-state index contributed by atoms with van der Waals surface area (Å²) in [6, 6.07) is 13.6. The molecule has 36 heavy (non-hydrogen) atoms. The van der Waals surface area contributed by atoms with Gasteiger partial charge in [0.15, 0.2) is 0 Å². The molecule has 2 aromatic carbocycles. The summed E-state index contributed by atoms with van der Waals surface area (Å²) in [5, 5.41) is 5.82. The van der Waals surface area contributed by atoms with E-state index in [2.05, 4.69) is 38.3 Å². The van der Waals surface area contributed by atoms with Crippen LogP contribution in [0, 0.1) is 25.7 Å². The Bertz CT molecular complexity index is 1370. The van der Waals surface area contributed by atoms with Gasteiger partial charge >= 0.3 is 6.03 Å². The van der Waals surface area contributed by atoms with Crippen LogP contribution in [-0.2, 0) is 0 Å². The number of aryl methyl sites for hydroxylation is 2. The molecule has 1 aromatic heterocycles. The molecule has 9 heteroatoms. The van der Waals surface area contributed by atoms with Gasteiger partial charge in [0.25, 0.3) is 11.8 Å². The minimum absolute atomic E-state index is 0.263. The summed E-state index contributed by atoms with van der Waals surface area (Å²) in [7, 11) is 0. The third kappa shape index (κ3) is 6.40. The standard InChI is InChI=1S/C27H24ClN5O3/c1-16-6-9-20(25(34)32-33-26(35)24-17(2)4-3-5-22(24)28)14-19(16)10-7-18-8-13-23(29-15-18)31-27(36)30-21-11-12-21/h3-6,8-9,13-15,21H,11-12H2,1-2H3,(H,32,34)(H,33,35)(H2,29,30,31,36). The fraction of sp³-hybridized carbons (Fsp3) is 0.185. The lowest BCUT2D eigenvalue weighted by Crippen LogP contribution is -2.42. The predicted octanol–water partition coefficient (Wildman–Crippen LogP) is 4.11. The molecule has 8 nitrogen and oxygen atoms in total. The third-order valence-electron chi connectivity index (χ3n) is 5.50. The van der Waals surface area contributed by atoms with Crippen LogP contribution < -0.4 is 21.5 Å². The van der Waals surface area contributed by atoms with E-state index in [-0.39, 0.29) is 12.1 Å². The van der Waals surface area contributed by atoms with Crippen LogP contribution in [0.4, 0.5) is 10.6 Å². The van der Waals surface area contributed by atoms with Crippen molar-refractivity contribution in [3.8, 4) is 11.8 Å². The Hall–Kier alpha value is -4.35. The molecule has 0 spiro atoms. The summed E-state index contributed by atoms with van der Waals surface area (Å²) >= 11 is 6.12. The van der Waals surface area contributed by atoms with E-state index in [4.69, 9.17) is 11.6 Å². The number of benzene rings is 2. The number of carbonyl (C=O) groups is 3. The summed E-state index contributed by atoms with van der Waals surface area (Å²) in [4.78, 5) is 41.1. The average molecular weight is 502 g/mol. The molecule has 4 rings (SSSR count). The lowest BCUT2D eigenvalue weighted by molar-refractivity contribution is 0.0846. The Morgan fingerprint density at radius 1 is 0.944 bits per heavy atom. The molecule has 0 unspecified atom stereocenters. The van der Waals surface area contributed by atoms with E-state index >= 15 is 0 Å². The molecule has 0 aliphatic heterocycles. The van der Waals surface area contributed by atoms with E-state index in [9.17, 15) is 14.4 Å². The number of amides is 4. The van der Waals surface area contributed by atoms with Gasteiger partial charge in [0.05, 0.1) is 10.6 Å². The van der Waals surface area contributed by atoms with Crippen molar-refractivity contribution < 1.29 is 14.4 Å². The van der Waals surface area contributed by atoms with E-state index in [0.29, 0.717) is 38.7 Å². The van der Waals surface area contributed by atoms with E-state index in [1.165, 1.54) is 0 Å². The molecule has 0 atom stereocenters. The lowest BCUT2D eigenvalue weighted by Gasteiger charge is -2.11. The van der Waals surface area contributed by atoms with E-state index in [0.717, 1.165) is 18.4 Å². The SMILES string of the molecule is Cc1ccc(C(=O)NNC(=O)c2c(C)cccc2Cl)cc1C#Cc1ccc(NC(=O)NC2CC2)nc1. The quantitative estimate of drug-likeness (QED) is 0.318. The third-order valence-corrected chi connectivity index (χ3v) is 5.81. The van der Waals surface area contributed by atoms with Crippen LogP contribution in [0.25, 0.3) is 0 Å². The topological polar surface area (TPSA) is 112 Å². The highest BCUT2D eigenvalue weighted by Crippen LogP contribution is 2.19. The Morgan fingerprint density at radius 2 is 1.72 bits per heavy atom. The lowest BCUT2D eigenvalue weighted by atomic mass is 10.0. The van der Waals surface area contributed by atoms with Gasteiger partial charge < -0.3 is 5.32 Å². The number of aromatic nitrogens is 1. The molecule has 4 amide bonds. The van der Waals surface area contributed by atoms with Crippen LogP contribution >= 0.6 is 11.6 Å². The summed E-state index contributed by atoms with van der Waals surface area (Å²) in [5.74, 6) is 5.51. The number of halogens is 1. The molecule has 3 aromatic rings. The van der Waals surface area contributed by atoms with Gasteiger partial charge in [-0.2, -0.15) is 0 Å². The van der Waals surface area contributed by atoms with Crippen LogP contribution in [0.1, 0.15) is 55.8 Å². The number of rotatable bonds is 4. The van der Waals surface area contributed by atoms with Crippen LogP contribution in [0.5, 0.6) is 0 Å². The highest BCUT2D eigenvalue weighted by molar-refractivity contribution is 6.34. The van der Waals surface area contributed by atoms with E-state index < -0.39 is 11.8 Å². The summed E-state index contributed by atoms with van der Waals surface area (Å²) in [6.07, 6.45) is 3.58. The second-order valence-corrected chi connectivity index (χ2v) is 8.83. The van der Waals surface area contributed by atoms with Crippen molar-refractivity contribution in [2.75, 3.05) is 5.32 Å². The van der Waals surface area contributed by atoms with Gasteiger partial charge in [-0.15, -0.1) is 0 Å². The largest absolute Gasteiger partial charge is 0.335 e. The van der Waals surface area contributed by atoms with Gasteiger partial charge in [-0.25, -0.2) is 9.78 Å². The first-order chi connectivity index (χ1) is 17.3. The Kier molecular flexibility index (Phi) is 7.52. The average Bonchev–Trinajstić information content (AvgIpc) is 3.66. The molecule has 1 saturated carbocycles. The van der Waals surface area contributed by atoms with E-state index in [1.807, 2.05) is 6.92 Å². The highest BCUT2D eigenvalue weighted by Gasteiger charge is 2.23. The van der Waals surface area contributed by atoms with Crippen LogP contribution in [0.15, 0.2) is 54.7 Å². The van der Waals surface area contributed by atoms with Gasteiger partial charge in [-0.3, -0.25) is 25.8 Å². The molecule has 0 saturated heterocycles. The summed E-state index contributed by atoms with van der Waals surface area (Å²) in [5.41, 5.74) is 8.34. The molecule has 1 aliphatic carbocycles. The van der Waals surface area contributed by atoms with Gasteiger partial charge in [-0.05, 0) is 68.1 Å². The molecule has 0 bridgehead atoms. The Balaban J connectivity index is 1.39. The number of urea groups is 1.